The molecular formula is C23H32N4S. The molecule has 2 N–H and O–H groups in total. The zero-order chi connectivity index (χ0) is 21.5. The lowest BCUT2D eigenvalue weighted by molar-refractivity contribution is 1.17. The van der Waals surface area contributed by atoms with Crippen molar-refractivity contribution >= 4 is 34.9 Å². The Labute approximate surface area is 174 Å². The fraction of sp³-hybridized carbons (Fsp3) is 0.261. The third-order valence-corrected chi connectivity index (χ3v) is 4.25. The van der Waals surface area contributed by atoms with E-state index < -0.39 is 0 Å². The van der Waals surface area contributed by atoms with Crippen molar-refractivity contribution < 1.29 is 0 Å². The van der Waals surface area contributed by atoms with Crippen molar-refractivity contribution in [2.45, 2.75) is 41.5 Å². The minimum absolute atomic E-state index is 0.351. The number of hydrogen-bond donors (Lipinski definition) is 1. The van der Waals surface area contributed by atoms with Crippen molar-refractivity contribution in [3.8, 4) is 10.7 Å². The second-order valence-electron chi connectivity index (χ2n) is 4.81. The average molecular weight is 397 g/mol. The Morgan fingerprint density at radius 1 is 1.07 bits per heavy atom. The van der Waals surface area contributed by atoms with Gasteiger partial charge in [0.05, 0.1) is 22.5 Å². The Morgan fingerprint density at radius 2 is 1.75 bits per heavy atom. The third kappa shape index (κ3) is 6.74. The third-order valence-electron chi connectivity index (χ3n) is 3.18. The van der Waals surface area contributed by atoms with Crippen molar-refractivity contribution in [2.75, 3.05) is 5.73 Å². The molecule has 0 aliphatic heterocycles. The topological polar surface area (TPSA) is 64.7 Å². The molecular weight excluding hydrogens is 364 g/mol. The van der Waals surface area contributed by atoms with Crippen LogP contribution in [0, 0.1) is 0 Å². The van der Waals surface area contributed by atoms with Crippen LogP contribution in [-0.4, -0.2) is 15.0 Å². The van der Waals surface area contributed by atoms with Gasteiger partial charge in [0.15, 0.2) is 5.82 Å². The molecule has 150 valence electrons. The molecule has 0 radical (unpaired) electrons. The van der Waals surface area contributed by atoms with Gasteiger partial charge in [0.25, 0.3) is 0 Å². The van der Waals surface area contributed by atoms with E-state index in [4.69, 9.17) is 5.73 Å². The molecule has 0 bridgehead atoms. The van der Waals surface area contributed by atoms with Gasteiger partial charge in [-0.2, -0.15) is 0 Å². The smallest absolute Gasteiger partial charge is 0.152 e. The lowest BCUT2D eigenvalue weighted by Gasteiger charge is -2.05. The van der Waals surface area contributed by atoms with Gasteiger partial charge < -0.3 is 5.73 Å². The summed E-state index contributed by atoms with van der Waals surface area (Å²) in [6.07, 6.45) is 14.8. The van der Waals surface area contributed by atoms with Gasteiger partial charge in [-0.15, -0.1) is 11.3 Å². The zero-order valence-electron chi connectivity index (χ0n) is 17.9. The summed E-state index contributed by atoms with van der Waals surface area (Å²) in [5.41, 5.74) is 9.03. The van der Waals surface area contributed by atoms with Crippen LogP contribution >= 0.6 is 11.3 Å². The molecule has 0 atom stereocenters. The first kappa shape index (κ1) is 25.2. The number of aromatic nitrogens is 3. The van der Waals surface area contributed by atoms with Crippen molar-refractivity contribution in [3.63, 3.8) is 0 Å². The molecule has 2 aromatic heterocycles. The Balaban J connectivity index is 0.00000171. The molecule has 0 amide bonds. The highest BCUT2D eigenvalue weighted by atomic mass is 32.1. The summed E-state index contributed by atoms with van der Waals surface area (Å²) in [6, 6.07) is 0. The second kappa shape index (κ2) is 14.3. The highest BCUT2D eigenvalue weighted by molar-refractivity contribution is 7.16. The van der Waals surface area contributed by atoms with E-state index in [1.807, 2.05) is 71.9 Å². The minimum atomic E-state index is 0.351. The molecule has 2 heterocycles. The summed E-state index contributed by atoms with van der Waals surface area (Å²) in [7, 11) is 0. The number of thiazole rings is 1. The van der Waals surface area contributed by atoms with Crippen LogP contribution in [0.3, 0.4) is 0 Å². The number of hydrogen-bond acceptors (Lipinski definition) is 5. The number of anilines is 1. The van der Waals surface area contributed by atoms with E-state index >= 15 is 0 Å². The van der Waals surface area contributed by atoms with Gasteiger partial charge in [0.1, 0.15) is 10.7 Å². The number of nitrogens with two attached hydrogens (primary N) is 1. The SMILES string of the molecule is C=C/C(=C\C=C/C)c1cnc(N)c(-c2nc(/C=C\C)c(C=C)s2)n1.CC.CC. The first-order chi connectivity index (χ1) is 13.6. The van der Waals surface area contributed by atoms with Gasteiger partial charge in [-0.05, 0) is 26.0 Å². The Morgan fingerprint density at radius 3 is 2.29 bits per heavy atom. The van der Waals surface area contributed by atoms with Crippen LogP contribution in [0.2, 0.25) is 0 Å². The highest BCUT2D eigenvalue weighted by Gasteiger charge is 2.15. The van der Waals surface area contributed by atoms with Crippen LogP contribution < -0.4 is 5.73 Å². The molecule has 2 aromatic rings. The van der Waals surface area contributed by atoms with Gasteiger partial charge in [0.2, 0.25) is 0 Å². The van der Waals surface area contributed by atoms with Crippen LogP contribution in [0.25, 0.3) is 28.4 Å². The quantitative estimate of drug-likeness (QED) is 0.531. The van der Waals surface area contributed by atoms with Crippen molar-refractivity contribution in [2.24, 2.45) is 0 Å². The molecule has 5 heteroatoms. The van der Waals surface area contributed by atoms with Crippen molar-refractivity contribution in [1.29, 1.82) is 0 Å². The summed E-state index contributed by atoms with van der Waals surface area (Å²) >= 11 is 1.49. The van der Waals surface area contributed by atoms with Crippen LogP contribution in [0.1, 0.15) is 57.8 Å². The number of nitrogens with zero attached hydrogens (tertiary/aromatic N) is 3. The molecule has 0 unspecified atom stereocenters. The fourth-order valence-electron chi connectivity index (χ4n) is 2.02. The van der Waals surface area contributed by atoms with E-state index in [1.165, 1.54) is 11.3 Å². The molecule has 0 aliphatic carbocycles. The molecule has 2 rings (SSSR count). The fourth-order valence-corrected chi connectivity index (χ4v) is 2.92. The van der Waals surface area contributed by atoms with Crippen LogP contribution in [0.4, 0.5) is 5.82 Å². The predicted octanol–water partition coefficient (Wildman–Crippen LogP) is 7.06. The van der Waals surface area contributed by atoms with Gasteiger partial charge >= 0.3 is 0 Å². The van der Waals surface area contributed by atoms with Gasteiger partial charge in [-0.25, -0.2) is 15.0 Å². The minimum Gasteiger partial charge on any atom is -0.382 e. The largest absolute Gasteiger partial charge is 0.382 e. The summed E-state index contributed by atoms with van der Waals surface area (Å²) in [4.78, 5) is 14.5. The van der Waals surface area contributed by atoms with E-state index in [9.17, 15) is 0 Å². The summed E-state index contributed by atoms with van der Waals surface area (Å²) in [6.45, 7) is 19.6. The first-order valence-electron chi connectivity index (χ1n) is 9.49. The highest BCUT2D eigenvalue weighted by Crippen LogP contribution is 2.31. The molecule has 0 aliphatic rings. The molecule has 0 aromatic carbocycles. The maximum absolute atomic E-state index is 6.03. The predicted molar refractivity (Wildman–Crippen MR) is 128 cm³/mol. The lowest BCUT2D eigenvalue weighted by Crippen LogP contribution is -2.00. The van der Waals surface area contributed by atoms with E-state index in [0.717, 1.165) is 21.2 Å². The van der Waals surface area contributed by atoms with Gasteiger partial charge in [-0.3, -0.25) is 0 Å². The maximum Gasteiger partial charge on any atom is 0.152 e. The number of allylic oxidation sites excluding steroid dienone is 6. The molecule has 0 fully saturated rings. The summed E-state index contributed by atoms with van der Waals surface area (Å²) < 4.78 is 0. The Hall–Kier alpha value is -2.79. The second-order valence-corrected chi connectivity index (χ2v) is 5.84. The zero-order valence-corrected chi connectivity index (χ0v) is 18.7. The summed E-state index contributed by atoms with van der Waals surface area (Å²) in [5.74, 6) is 0.351. The van der Waals surface area contributed by atoms with E-state index in [0.29, 0.717) is 17.2 Å². The molecule has 28 heavy (non-hydrogen) atoms. The van der Waals surface area contributed by atoms with Crippen molar-refractivity contribution in [1.82, 2.24) is 15.0 Å². The van der Waals surface area contributed by atoms with Crippen molar-refractivity contribution in [3.05, 3.63) is 66.0 Å². The van der Waals surface area contributed by atoms with Gasteiger partial charge in [-0.1, -0.05) is 71.2 Å². The average Bonchev–Trinajstić information content (AvgIpc) is 3.15. The molecule has 0 saturated carbocycles. The monoisotopic (exact) mass is 396 g/mol. The normalized spacial score (nSPS) is 10.9. The number of rotatable bonds is 6. The van der Waals surface area contributed by atoms with E-state index in [-0.39, 0.29) is 0 Å². The first-order valence-corrected chi connectivity index (χ1v) is 10.3. The Kier molecular flexibility index (Phi) is 12.9. The van der Waals surface area contributed by atoms with E-state index in [2.05, 4.69) is 28.1 Å². The maximum atomic E-state index is 6.03. The number of nitrogen functional groups attached to an aromatic ring is 1. The standard InChI is InChI=1S/C19H20N4S.2C2H6/c1-5-9-11-13(7-3)15-12-21-18(20)17(22-15)19-23-14(10-6-2)16(8-4)24-19;2*1-2/h5-12H,3-4H2,1-2H3,(H2,20,21);2*1-2H3/b9-5-,10-6-,13-11+;;. The van der Waals surface area contributed by atoms with Crippen LogP contribution in [0.15, 0.2) is 49.7 Å². The van der Waals surface area contributed by atoms with Crippen LogP contribution in [0.5, 0.6) is 0 Å². The lowest BCUT2D eigenvalue weighted by atomic mass is 10.1. The summed E-state index contributed by atoms with van der Waals surface area (Å²) in [5, 5.41) is 0.722. The van der Waals surface area contributed by atoms with Crippen LogP contribution in [-0.2, 0) is 0 Å². The Bertz CT molecular complexity index is 842. The molecule has 0 spiro atoms. The van der Waals surface area contributed by atoms with E-state index in [1.54, 1.807) is 18.3 Å². The van der Waals surface area contributed by atoms with Gasteiger partial charge in [0, 0.05) is 5.57 Å². The molecule has 0 saturated heterocycles. The molecule has 4 nitrogen and oxygen atoms in total.